The van der Waals surface area contributed by atoms with Crippen molar-refractivity contribution in [1.29, 1.82) is 0 Å². The number of quaternary nitrogens is 1. The van der Waals surface area contributed by atoms with Gasteiger partial charge in [-0.25, -0.2) is 4.79 Å². The number of nitrogens with zero attached hydrogens (tertiary/aromatic N) is 5. The molecule has 0 aliphatic carbocycles. The second kappa shape index (κ2) is 30.0. The largest absolute Gasteiger partial charge is 0.553 e. The lowest BCUT2D eigenvalue weighted by atomic mass is 9.86. The summed E-state index contributed by atoms with van der Waals surface area (Å²) < 4.78 is 37.5. The molecule has 12 aromatic carbocycles. The average molecular weight is 1870 g/mol. The lowest BCUT2D eigenvalue weighted by Gasteiger charge is -2.37. The van der Waals surface area contributed by atoms with E-state index in [1.54, 1.807) is 24.3 Å². The Bertz CT molecular complexity index is 7490. The number of aromatic nitrogens is 2. The van der Waals surface area contributed by atoms with Crippen LogP contribution in [0.1, 0.15) is 108 Å². The summed E-state index contributed by atoms with van der Waals surface area (Å²) in [6, 6.07) is 61.7. The maximum atomic E-state index is 12.2. The highest BCUT2D eigenvalue weighted by atomic mass is 35.5. The molecule has 1 N–H and O–H groups in total. The summed E-state index contributed by atoms with van der Waals surface area (Å²) in [7, 11) is 6.41. The number of para-hydroxylation sites is 3. The summed E-state index contributed by atoms with van der Waals surface area (Å²) in [5.41, 5.74) is 14.2. The van der Waals surface area contributed by atoms with E-state index in [0.717, 1.165) is 44.5 Å². The zero-order valence-electron chi connectivity index (χ0n) is 67.4. The highest BCUT2D eigenvalue weighted by Gasteiger charge is 2.74. The third-order valence-electron chi connectivity index (χ3n) is 23.7. The van der Waals surface area contributed by atoms with E-state index in [9.17, 15) is 9.90 Å². The zero-order chi connectivity index (χ0) is 86.7. The molecule has 6 aliphatic heterocycles. The molecule has 14 aromatic rings. The quantitative estimate of drug-likeness (QED) is 0.0449. The molecule has 2 aromatic heterocycles. The van der Waals surface area contributed by atoms with Gasteiger partial charge in [-0.15, -0.1) is 0 Å². The Kier molecular flexibility index (Phi) is 19.9. The van der Waals surface area contributed by atoms with Crippen LogP contribution in [0, 0.1) is 0 Å². The molecule has 20 rings (SSSR count). The fraction of sp³-hybridized carbons (Fsp3) is 0.119. The monoisotopic (exact) mass is 1870 g/mol. The Labute approximate surface area is 773 Å². The number of halogens is 12. The number of rotatable bonds is 16. The number of aromatic carboxylic acids is 1. The van der Waals surface area contributed by atoms with E-state index in [1.165, 1.54) is 17.8 Å². The van der Waals surface area contributed by atoms with Crippen molar-refractivity contribution in [1.82, 2.24) is 13.6 Å². The van der Waals surface area contributed by atoms with Crippen molar-refractivity contribution in [3.63, 3.8) is 0 Å². The van der Waals surface area contributed by atoms with Gasteiger partial charge in [-0.2, -0.15) is 9.13 Å². The van der Waals surface area contributed by atoms with Gasteiger partial charge < -0.3 is 24.1 Å². The van der Waals surface area contributed by atoms with E-state index in [-0.39, 0.29) is 99.7 Å². The van der Waals surface area contributed by atoms with E-state index >= 15 is 0 Å². The number of allylic oxidation sites excluding steroid dienone is 2. The molecule has 0 amide bonds. The summed E-state index contributed by atoms with van der Waals surface area (Å²) >= 11 is 96.6. The Morgan fingerprint density at radius 1 is 0.379 bits per heavy atom. The van der Waals surface area contributed by atoms with Crippen LogP contribution in [0.15, 0.2) is 206 Å². The number of carboxylic acids is 1. The van der Waals surface area contributed by atoms with E-state index in [4.69, 9.17) is 158 Å². The number of benzene rings is 12. The highest BCUT2D eigenvalue weighted by molar-refractivity contribution is 6.54. The summed E-state index contributed by atoms with van der Waals surface area (Å²) in [4.78, 5) is 12.2. The highest BCUT2D eigenvalue weighted by Crippen LogP contribution is 2.64. The van der Waals surface area contributed by atoms with Gasteiger partial charge in [0.25, 0.3) is 0 Å². The molecule has 23 heteroatoms. The molecule has 124 heavy (non-hydrogen) atoms. The number of carboxylic acid groups (broad SMARTS) is 1. The molecule has 0 radical (unpaired) electrons. The third kappa shape index (κ3) is 12.6. The van der Waals surface area contributed by atoms with Gasteiger partial charge in [0.1, 0.15) is 48.8 Å². The molecule has 1 unspecified atom stereocenters. The van der Waals surface area contributed by atoms with Crippen molar-refractivity contribution in [3.8, 4) is 79.4 Å². The Morgan fingerprint density at radius 2 is 0.734 bits per heavy atom. The van der Waals surface area contributed by atoms with Gasteiger partial charge in [-0.05, 0) is 117 Å². The Morgan fingerprint density at radius 3 is 1.18 bits per heavy atom. The summed E-state index contributed by atoms with van der Waals surface area (Å²) in [5, 5.41) is 12.9. The number of ether oxygens (including phenoxy) is 4. The average Bonchev–Trinajstić information content (AvgIpc) is 1.45. The van der Waals surface area contributed by atoms with Crippen molar-refractivity contribution in [2.75, 3.05) is 21.1 Å². The lowest BCUT2D eigenvalue weighted by molar-refractivity contribution is -0.805. The first-order valence-electron chi connectivity index (χ1n) is 39.6. The molecule has 11 nitrogen and oxygen atoms in total. The number of carbonyl (C=O) groups is 1. The maximum Gasteiger partial charge on any atom is 0.553 e. The minimum Gasteiger partial charge on any atom is -0.478 e. The molecule has 1 atom stereocenters. The maximum absolute atomic E-state index is 12.2. The zero-order valence-corrected chi connectivity index (χ0v) is 76.4. The molecule has 1 spiro atoms. The molecule has 0 saturated carbocycles. The van der Waals surface area contributed by atoms with Gasteiger partial charge in [0.05, 0.1) is 111 Å². The van der Waals surface area contributed by atoms with Crippen LogP contribution in [0.5, 0.6) is 46.0 Å². The van der Waals surface area contributed by atoms with E-state index in [1.807, 2.05) is 127 Å². The summed E-state index contributed by atoms with van der Waals surface area (Å²) in [6.07, 6.45) is 15.9. The first-order chi connectivity index (χ1) is 59.2. The van der Waals surface area contributed by atoms with Crippen molar-refractivity contribution < 1.29 is 38.0 Å². The van der Waals surface area contributed by atoms with Gasteiger partial charge in [0.2, 0.25) is 22.8 Å². The predicted octanol–water partition coefficient (Wildman–Crippen LogP) is 30.2. The topological polar surface area (TPSA) is 90.1 Å². The lowest BCUT2D eigenvalue weighted by Crippen LogP contribution is -2.69. The summed E-state index contributed by atoms with van der Waals surface area (Å²) in [6.45, 7) is 13.0. The number of fused-ring (bicyclic) bond motifs is 12. The minimum atomic E-state index is -1.91. The second-order valence-electron chi connectivity index (χ2n) is 34.0. The second-order valence-corrected chi connectivity index (χ2v) is 38.5. The SMILES string of the molecule is CC(C)(C)c1ccc(-c2ccccc2Oc2c(Cl)c(Cl)c3c(c2Cl)C2=Cc4c5c(Cl)c(Oc6ccccc6-c6ccc(C(C)(C)C)cc6)c(Cl)c(Cl)c5c5n4C46n7c(c8c(Cl)c(Cl)c(Oc9ccccc9-c9ccc(C(=O)O)cc9)c(Cl)c8c7=CC7=[N+]4C(=C5)c4c(Cl)c(Cl)c(Oc5ccc(/C=C/C=C/c8ccc([N+](C)(C)C)cc8)cc5)c(Cl)c47)=CC3=[N+]26)cc1. The van der Waals surface area contributed by atoms with Crippen molar-refractivity contribution in [3.05, 3.63) is 339 Å². The van der Waals surface area contributed by atoms with Crippen LogP contribution in [-0.2, 0) is 16.7 Å². The predicted molar refractivity (Wildman–Crippen MR) is 514 cm³/mol. The van der Waals surface area contributed by atoms with Crippen LogP contribution >= 0.6 is 139 Å². The molecule has 0 bridgehead atoms. The van der Waals surface area contributed by atoms with Gasteiger partial charge in [0, 0.05) is 62.5 Å². The van der Waals surface area contributed by atoms with Crippen LogP contribution in [0.4, 0.5) is 5.69 Å². The first kappa shape index (κ1) is 82.2. The Balaban J connectivity index is 0.850. The van der Waals surface area contributed by atoms with Crippen LogP contribution in [0.3, 0.4) is 0 Å². The first-order valence-corrected chi connectivity index (χ1v) is 44.1. The standard InChI is InChI=1S/C101H67Cl12N5O6/c1-99(2,3)56-38-34-53(35-39-56)61-21-13-16-24-72(61)123-96-88(108)80-69-49-70-81-77(85(105)93(113)97(89(81)109)124-73-25-17-14-22-62(73)54-36-40-57(41-37-54)100(4,5)6)66-47-65-76-79(87(107)95(91(111)83(76)103)122-71-23-15-12-20-60(71)52-30-32-55(33-31-52)98(119)120)68-48-67-78-74(63-46-64(75(80)84(104)92(96)112)116(69)101(114(63)67,115(65)68)117(66)70)82(102)90(110)94(86(78)106)121-59-44-28-51(29-45-59)19-11-10-18-50-26-42-58(43-27-50)118(7,8)9/h10-49H,1-9H3/q+2/p+1/b18-10+,19-11+. The fourth-order valence-electron chi connectivity index (χ4n) is 17.7. The molecule has 0 fully saturated rings. The number of hydrogen-bond acceptors (Lipinski definition) is 5. The van der Waals surface area contributed by atoms with Crippen molar-refractivity contribution in [2.24, 2.45) is 0 Å². The smallest absolute Gasteiger partial charge is 0.478 e. The Hall–Kier alpha value is -10.1. The van der Waals surface area contributed by atoms with Crippen LogP contribution in [0.2, 0.25) is 60.3 Å². The van der Waals surface area contributed by atoms with Crippen LogP contribution in [0.25, 0.3) is 103 Å². The van der Waals surface area contributed by atoms with Gasteiger partial charge >= 0.3 is 11.9 Å². The van der Waals surface area contributed by atoms with Gasteiger partial charge in [-0.3, -0.25) is 4.48 Å². The molecule has 0 saturated heterocycles. The molecule has 6 aliphatic rings. The van der Waals surface area contributed by atoms with E-state index in [0.29, 0.717) is 127 Å². The molecule has 8 heterocycles. The van der Waals surface area contributed by atoms with E-state index < -0.39 is 11.9 Å². The van der Waals surface area contributed by atoms with Gasteiger partial charge in [0.15, 0.2) is 23.0 Å². The van der Waals surface area contributed by atoms with Crippen molar-refractivity contribution >= 4 is 232 Å². The van der Waals surface area contributed by atoms with Crippen LogP contribution in [-0.4, -0.2) is 61.9 Å². The fourth-order valence-corrected chi connectivity index (χ4v) is 21.2. The minimum absolute atomic E-state index is 0.000658. The normalized spacial score (nSPS) is 15.2. The molecular formula is C101H68Cl12N5O6+3. The number of hydrogen-bond donors (Lipinski definition) is 1. The molecule has 614 valence electrons. The summed E-state index contributed by atoms with van der Waals surface area (Å²) in [5.74, 6) is -1.24. The van der Waals surface area contributed by atoms with Gasteiger partial charge in [-0.1, -0.05) is 342 Å². The molecular weight excluding hydrogens is 1800 g/mol. The van der Waals surface area contributed by atoms with Crippen LogP contribution < -0.4 is 34.1 Å². The van der Waals surface area contributed by atoms with Crippen molar-refractivity contribution in [2.45, 2.75) is 58.3 Å². The third-order valence-corrected chi connectivity index (χ3v) is 28.5. The van der Waals surface area contributed by atoms with E-state index in [2.05, 4.69) is 160 Å².